The van der Waals surface area contributed by atoms with Gasteiger partial charge in [-0.3, -0.25) is 14.8 Å². The Morgan fingerprint density at radius 3 is 2.60 bits per heavy atom. The van der Waals surface area contributed by atoms with Crippen LogP contribution in [-0.4, -0.2) is 62.6 Å². The predicted molar refractivity (Wildman–Crippen MR) is 121 cm³/mol. The number of nitrogens with zero attached hydrogens (tertiary/aromatic N) is 3. The first-order chi connectivity index (χ1) is 14.5. The van der Waals surface area contributed by atoms with Crippen molar-refractivity contribution in [3.05, 3.63) is 59.9 Å². The zero-order valence-electron chi connectivity index (χ0n) is 18.4. The quantitative estimate of drug-likeness (QED) is 0.464. The molecule has 7 heteroatoms. The third-order valence-corrected chi connectivity index (χ3v) is 5.04. The van der Waals surface area contributed by atoms with Crippen LogP contribution in [-0.2, 0) is 11.2 Å². The fraction of sp³-hybridized carbons (Fsp3) is 0.435. The van der Waals surface area contributed by atoms with E-state index >= 15 is 0 Å². The zero-order chi connectivity index (χ0) is 21.8. The maximum atomic E-state index is 12.4. The summed E-state index contributed by atoms with van der Waals surface area (Å²) in [5, 5.41) is 6.37. The van der Waals surface area contributed by atoms with Crippen molar-refractivity contribution in [2.45, 2.75) is 25.7 Å². The number of hydrogen-bond acceptors (Lipinski definition) is 4. The van der Waals surface area contributed by atoms with Gasteiger partial charge in [0.1, 0.15) is 5.75 Å². The summed E-state index contributed by atoms with van der Waals surface area (Å²) >= 11 is 0. The van der Waals surface area contributed by atoms with E-state index < -0.39 is 0 Å². The van der Waals surface area contributed by atoms with E-state index in [1.165, 1.54) is 5.56 Å². The summed E-state index contributed by atoms with van der Waals surface area (Å²) in [4.78, 5) is 22.6. The Hall–Kier alpha value is -3.09. The third kappa shape index (κ3) is 7.73. The number of hydrogen-bond donors (Lipinski definition) is 2. The first-order valence-corrected chi connectivity index (χ1v) is 10.3. The molecular weight excluding hydrogens is 378 g/mol. The molecule has 0 bridgehead atoms. The highest BCUT2D eigenvalue weighted by molar-refractivity contribution is 5.86. The number of pyridine rings is 1. The van der Waals surface area contributed by atoms with E-state index in [-0.39, 0.29) is 12.5 Å². The van der Waals surface area contributed by atoms with E-state index in [2.05, 4.69) is 39.7 Å². The fourth-order valence-electron chi connectivity index (χ4n) is 2.97. The van der Waals surface area contributed by atoms with Crippen LogP contribution >= 0.6 is 0 Å². The normalized spacial score (nSPS) is 12.2. The molecule has 0 fully saturated rings. The van der Waals surface area contributed by atoms with Crippen LogP contribution in [0, 0.1) is 0 Å². The molecule has 0 aliphatic carbocycles. The van der Waals surface area contributed by atoms with Gasteiger partial charge >= 0.3 is 0 Å². The zero-order valence-corrected chi connectivity index (χ0v) is 18.4. The molecule has 1 heterocycles. The van der Waals surface area contributed by atoms with Gasteiger partial charge in [-0.2, -0.15) is 0 Å². The SMILES string of the molecule is CN=C(NCCC(C)c1ccc(OC)cc1)NCC(=O)N(C)CCc1ccccn1. The Morgan fingerprint density at radius 1 is 1.20 bits per heavy atom. The van der Waals surface area contributed by atoms with Gasteiger partial charge in [0.15, 0.2) is 5.96 Å². The number of methoxy groups -OCH3 is 1. The predicted octanol–water partition coefficient (Wildman–Crippen LogP) is 2.45. The molecule has 162 valence electrons. The Bertz CT molecular complexity index is 793. The maximum Gasteiger partial charge on any atom is 0.241 e. The number of aliphatic imine (C=N–C) groups is 1. The lowest BCUT2D eigenvalue weighted by molar-refractivity contribution is -0.128. The molecule has 0 aliphatic rings. The van der Waals surface area contributed by atoms with E-state index in [0.29, 0.717) is 18.4 Å². The molecule has 0 aliphatic heterocycles. The fourth-order valence-corrected chi connectivity index (χ4v) is 2.97. The van der Waals surface area contributed by atoms with Crippen LogP contribution in [0.15, 0.2) is 53.7 Å². The van der Waals surface area contributed by atoms with Gasteiger partial charge in [0.05, 0.1) is 13.7 Å². The Labute approximate surface area is 179 Å². The second-order valence-corrected chi connectivity index (χ2v) is 7.20. The van der Waals surface area contributed by atoms with E-state index in [0.717, 1.165) is 30.8 Å². The lowest BCUT2D eigenvalue weighted by atomic mass is 9.98. The van der Waals surface area contributed by atoms with E-state index in [4.69, 9.17) is 4.74 Å². The summed E-state index contributed by atoms with van der Waals surface area (Å²) in [5.74, 6) is 1.91. The number of aromatic nitrogens is 1. The summed E-state index contributed by atoms with van der Waals surface area (Å²) in [6.07, 6.45) is 3.45. The number of nitrogens with one attached hydrogen (secondary N) is 2. The first kappa shape index (κ1) is 23.2. The van der Waals surface area contributed by atoms with Crippen molar-refractivity contribution in [2.24, 2.45) is 4.99 Å². The molecule has 1 amide bonds. The van der Waals surface area contributed by atoms with Crippen LogP contribution in [0.25, 0.3) is 0 Å². The number of amides is 1. The topological polar surface area (TPSA) is 78.9 Å². The van der Waals surface area contributed by atoms with Crippen LogP contribution in [0.5, 0.6) is 5.75 Å². The lowest BCUT2D eigenvalue weighted by Gasteiger charge is -2.19. The van der Waals surface area contributed by atoms with Gasteiger partial charge in [0.25, 0.3) is 0 Å². The van der Waals surface area contributed by atoms with Crippen molar-refractivity contribution in [3.8, 4) is 5.75 Å². The molecule has 0 saturated heterocycles. The summed E-state index contributed by atoms with van der Waals surface area (Å²) in [6, 6.07) is 14.0. The highest BCUT2D eigenvalue weighted by Gasteiger charge is 2.11. The summed E-state index contributed by atoms with van der Waals surface area (Å²) in [7, 11) is 5.18. The molecule has 0 saturated carbocycles. The third-order valence-electron chi connectivity index (χ3n) is 5.04. The minimum atomic E-state index is 0.0143. The van der Waals surface area contributed by atoms with Gasteiger partial charge in [0.2, 0.25) is 5.91 Å². The number of rotatable bonds is 10. The van der Waals surface area contributed by atoms with Gasteiger partial charge < -0.3 is 20.3 Å². The molecule has 1 aromatic carbocycles. The second-order valence-electron chi connectivity index (χ2n) is 7.20. The van der Waals surface area contributed by atoms with E-state index in [9.17, 15) is 4.79 Å². The van der Waals surface area contributed by atoms with Crippen molar-refractivity contribution in [1.29, 1.82) is 0 Å². The monoisotopic (exact) mass is 411 g/mol. The van der Waals surface area contributed by atoms with Crippen molar-refractivity contribution < 1.29 is 9.53 Å². The molecule has 0 spiro atoms. The largest absolute Gasteiger partial charge is 0.497 e. The smallest absolute Gasteiger partial charge is 0.241 e. The van der Waals surface area contributed by atoms with E-state index in [1.807, 2.05) is 30.3 Å². The van der Waals surface area contributed by atoms with Crippen molar-refractivity contribution in [2.75, 3.05) is 40.8 Å². The lowest BCUT2D eigenvalue weighted by Crippen LogP contribution is -2.44. The summed E-state index contributed by atoms with van der Waals surface area (Å²) in [5.41, 5.74) is 2.25. The first-order valence-electron chi connectivity index (χ1n) is 10.3. The standard InChI is InChI=1S/C23H33N5O2/c1-18(19-8-10-21(30-4)11-9-19)12-15-26-23(24-2)27-17-22(29)28(3)16-13-20-7-5-6-14-25-20/h5-11,14,18H,12-13,15-17H2,1-4H3,(H2,24,26,27). The molecular formula is C23H33N5O2. The van der Waals surface area contributed by atoms with Crippen LogP contribution in [0.1, 0.15) is 30.5 Å². The molecule has 0 radical (unpaired) electrons. The maximum absolute atomic E-state index is 12.4. The molecule has 1 unspecified atom stereocenters. The molecule has 7 nitrogen and oxygen atoms in total. The second kappa shape index (κ2) is 12.5. The number of guanidine groups is 1. The molecule has 1 atom stereocenters. The van der Waals surface area contributed by atoms with Gasteiger partial charge in [-0.1, -0.05) is 25.1 Å². The molecule has 2 rings (SSSR count). The average Bonchev–Trinajstić information content (AvgIpc) is 2.80. The molecule has 2 aromatic rings. The van der Waals surface area contributed by atoms with Crippen molar-refractivity contribution >= 4 is 11.9 Å². The van der Waals surface area contributed by atoms with Crippen LogP contribution in [0.2, 0.25) is 0 Å². The minimum Gasteiger partial charge on any atom is -0.497 e. The number of ether oxygens (including phenoxy) is 1. The summed E-state index contributed by atoms with van der Waals surface area (Å²) in [6.45, 7) is 3.78. The number of likely N-dealkylation sites (N-methyl/N-ethyl adjacent to an activating group) is 1. The summed E-state index contributed by atoms with van der Waals surface area (Å²) < 4.78 is 5.21. The van der Waals surface area contributed by atoms with Gasteiger partial charge in [-0.15, -0.1) is 0 Å². The highest BCUT2D eigenvalue weighted by Crippen LogP contribution is 2.21. The number of benzene rings is 1. The van der Waals surface area contributed by atoms with Gasteiger partial charge in [-0.05, 0) is 42.2 Å². The Balaban J connectivity index is 1.68. The molecule has 2 N–H and O–H groups in total. The Kier molecular flexibility index (Phi) is 9.64. The minimum absolute atomic E-state index is 0.0143. The van der Waals surface area contributed by atoms with Gasteiger partial charge in [0, 0.05) is 45.5 Å². The highest BCUT2D eigenvalue weighted by atomic mass is 16.5. The van der Waals surface area contributed by atoms with Crippen LogP contribution < -0.4 is 15.4 Å². The Morgan fingerprint density at radius 2 is 1.97 bits per heavy atom. The molecule has 1 aromatic heterocycles. The number of carbonyl (C=O) groups excluding carboxylic acids is 1. The van der Waals surface area contributed by atoms with Gasteiger partial charge in [-0.25, -0.2) is 0 Å². The van der Waals surface area contributed by atoms with E-state index in [1.54, 1.807) is 32.3 Å². The van der Waals surface area contributed by atoms with Crippen molar-refractivity contribution in [1.82, 2.24) is 20.5 Å². The number of carbonyl (C=O) groups is 1. The van der Waals surface area contributed by atoms with Crippen molar-refractivity contribution in [3.63, 3.8) is 0 Å². The van der Waals surface area contributed by atoms with Crippen LogP contribution in [0.3, 0.4) is 0 Å². The average molecular weight is 412 g/mol. The van der Waals surface area contributed by atoms with Crippen LogP contribution in [0.4, 0.5) is 0 Å². The molecule has 30 heavy (non-hydrogen) atoms.